The molecule has 0 saturated carbocycles. The van der Waals surface area contributed by atoms with Gasteiger partial charge in [0.2, 0.25) is 5.88 Å². The van der Waals surface area contributed by atoms with Crippen LogP contribution in [0.5, 0.6) is 11.6 Å². The van der Waals surface area contributed by atoms with Gasteiger partial charge in [-0.2, -0.15) is 0 Å². The van der Waals surface area contributed by atoms with Gasteiger partial charge in [0.05, 0.1) is 18.5 Å². The van der Waals surface area contributed by atoms with Crippen LogP contribution in [0.4, 0.5) is 13.9 Å². The number of pyridine rings is 1. The second-order valence-corrected chi connectivity index (χ2v) is 6.00. The molecule has 0 bridgehead atoms. The minimum Gasteiger partial charge on any atom is -0.477 e. The second kappa shape index (κ2) is 10.1. The molecule has 1 aromatic carbocycles. The van der Waals surface area contributed by atoms with E-state index in [4.69, 9.17) is 4.74 Å². The summed E-state index contributed by atoms with van der Waals surface area (Å²) in [6, 6.07) is 14.3. The predicted molar refractivity (Wildman–Crippen MR) is 103 cm³/mol. The number of hydrogen-bond acceptors (Lipinski definition) is 5. The van der Waals surface area contributed by atoms with E-state index in [9.17, 15) is 4.53 Å². The van der Waals surface area contributed by atoms with Gasteiger partial charge in [0.25, 0.3) is 0 Å². The summed E-state index contributed by atoms with van der Waals surface area (Å²) in [5.74, 6) is 0.635. The van der Waals surface area contributed by atoms with Crippen molar-refractivity contribution >= 4 is 5.65 Å². The van der Waals surface area contributed by atoms with E-state index in [0.717, 1.165) is 24.1 Å². The Morgan fingerprint density at radius 3 is 2.69 bits per heavy atom. The highest BCUT2D eigenvalue weighted by molar-refractivity contribution is 5.64. The van der Waals surface area contributed by atoms with Crippen molar-refractivity contribution in [1.82, 2.24) is 19.6 Å². The van der Waals surface area contributed by atoms with Crippen LogP contribution in [0.25, 0.3) is 16.9 Å². The molecule has 0 N–H and O–H groups in total. The third-order valence-corrected chi connectivity index (χ3v) is 4.14. The Balaban J connectivity index is 0.00000150. The van der Waals surface area contributed by atoms with Crippen LogP contribution in [-0.2, 0) is 6.42 Å². The average molecular weight is 404 g/mol. The molecule has 9 heteroatoms. The number of nitrogens with zero attached hydrogens (tertiary/aromatic N) is 4. The number of fused-ring (bicyclic) bond motifs is 1. The molecule has 0 atom stereocenters. The van der Waals surface area contributed by atoms with E-state index >= 15 is 0 Å². The molecule has 4 rings (SSSR count). The molecule has 0 aliphatic rings. The van der Waals surface area contributed by atoms with Crippen LogP contribution >= 0.6 is 0 Å². The standard InChI is InChI=1S/C20H17FN4O2.2FH/c21-27-17-7-1-6-16(12-17)18-14-23-19-8-9-20(24-25(18)19)26-11-3-5-15-4-2-10-22-13-15;;/h1-2,4,6-10,12-14H,3,5,11H2;2*1H. The second-order valence-electron chi connectivity index (χ2n) is 6.00. The van der Waals surface area contributed by atoms with E-state index in [1.807, 2.05) is 30.5 Å². The fraction of sp³-hybridized carbons (Fsp3) is 0.150. The maximum atomic E-state index is 12.5. The van der Waals surface area contributed by atoms with Gasteiger partial charge in [-0.15, -0.1) is 5.10 Å². The Labute approximate surface area is 164 Å². The quantitative estimate of drug-likeness (QED) is 0.428. The van der Waals surface area contributed by atoms with Crippen LogP contribution in [-0.4, -0.2) is 26.2 Å². The molecular formula is C20H19F3N4O2. The number of aromatic nitrogens is 4. The van der Waals surface area contributed by atoms with E-state index in [1.54, 1.807) is 35.1 Å². The minimum atomic E-state index is 0. The monoisotopic (exact) mass is 404 g/mol. The zero-order valence-corrected chi connectivity index (χ0v) is 15.3. The number of halogens is 3. The van der Waals surface area contributed by atoms with E-state index in [2.05, 4.69) is 20.0 Å². The third kappa shape index (κ3) is 5.01. The van der Waals surface area contributed by atoms with Crippen molar-refractivity contribution in [3.63, 3.8) is 0 Å². The fourth-order valence-electron chi connectivity index (χ4n) is 2.83. The summed E-state index contributed by atoms with van der Waals surface area (Å²) in [6.07, 6.45) is 7.06. The first kappa shape index (κ1) is 21.7. The molecular weight excluding hydrogens is 385 g/mol. The van der Waals surface area contributed by atoms with Crippen LogP contribution in [0.2, 0.25) is 0 Å². The highest BCUT2D eigenvalue weighted by atomic mass is 19.3. The van der Waals surface area contributed by atoms with Crippen molar-refractivity contribution in [3.05, 3.63) is 72.7 Å². The molecule has 0 aliphatic heterocycles. The van der Waals surface area contributed by atoms with E-state index < -0.39 is 0 Å². The number of benzene rings is 1. The summed E-state index contributed by atoms with van der Waals surface area (Å²) in [5.41, 5.74) is 3.33. The lowest BCUT2D eigenvalue weighted by molar-refractivity contribution is -0.00614. The maximum absolute atomic E-state index is 12.5. The molecule has 0 fully saturated rings. The summed E-state index contributed by atoms with van der Waals surface area (Å²) >= 11 is 0. The fourth-order valence-corrected chi connectivity index (χ4v) is 2.83. The third-order valence-electron chi connectivity index (χ3n) is 4.14. The Kier molecular flexibility index (Phi) is 7.53. The largest absolute Gasteiger partial charge is 0.477 e. The van der Waals surface area contributed by atoms with Crippen LogP contribution in [0.3, 0.4) is 0 Å². The number of aryl methyl sites for hydroxylation is 1. The van der Waals surface area contributed by atoms with Gasteiger partial charge in [-0.25, -0.2) is 9.50 Å². The van der Waals surface area contributed by atoms with Gasteiger partial charge in [-0.3, -0.25) is 19.3 Å². The molecule has 0 unspecified atom stereocenters. The van der Waals surface area contributed by atoms with E-state index in [-0.39, 0.29) is 15.2 Å². The van der Waals surface area contributed by atoms with Crippen LogP contribution < -0.4 is 9.68 Å². The van der Waals surface area contributed by atoms with E-state index in [0.29, 0.717) is 18.1 Å². The Hall–Kier alpha value is -3.62. The number of imidazole rings is 1. The first-order valence-electron chi connectivity index (χ1n) is 8.59. The van der Waals surface area contributed by atoms with Crippen LogP contribution in [0, 0.1) is 0 Å². The smallest absolute Gasteiger partial charge is 0.231 e. The van der Waals surface area contributed by atoms with Crippen molar-refractivity contribution in [2.24, 2.45) is 0 Å². The molecule has 6 nitrogen and oxygen atoms in total. The molecule has 0 saturated heterocycles. The van der Waals surface area contributed by atoms with Gasteiger partial charge in [0.1, 0.15) is 0 Å². The number of hydrogen-bond donors (Lipinski definition) is 0. The molecule has 0 radical (unpaired) electrons. The first-order valence-corrected chi connectivity index (χ1v) is 8.59. The van der Waals surface area contributed by atoms with Crippen molar-refractivity contribution in [3.8, 4) is 22.9 Å². The van der Waals surface area contributed by atoms with Gasteiger partial charge < -0.3 is 4.74 Å². The van der Waals surface area contributed by atoms with Gasteiger partial charge in [0.15, 0.2) is 11.4 Å². The van der Waals surface area contributed by atoms with Crippen molar-refractivity contribution in [1.29, 1.82) is 0 Å². The summed E-state index contributed by atoms with van der Waals surface area (Å²) < 4.78 is 19.9. The summed E-state index contributed by atoms with van der Waals surface area (Å²) in [4.78, 5) is 12.2. The maximum Gasteiger partial charge on any atom is 0.231 e. The number of rotatable bonds is 7. The lowest BCUT2D eigenvalue weighted by Crippen LogP contribution is -2.04. The lowest BCUT2D eigenvalue weighted by Gasteiger charge is -2.07. The molecule has 29 heavy (non-hydrogen) atoms. The topological polar surface area (TPSA) is 61.5 Å². The Morgan fingerprint density at radius 2 is 1.90 bits per heavy atom. The SMILES string of the molecule is F.F.FOc1cccc(-c2cnc3ccc(OCCCc4cccnc4)nn23)c1. The predicted octanol–water partition coefficient (Wildman–Crippen LogP) is 4.37. The number of ether oxygens (including phenoxy) is 1. The first-order chi connectivity index (χ1) is 13.3. The van der Waals surface area contributed by atoms with Gasteiger partial charge in [-0.05, 0) is 42.7 Å². The Morgan fingerprint density at radius 1 is 1.00 bits per heavy atom. The minimum absolute atomic E-state index is 0. The molecule has 3 heterocycles. The summed E-state index contributed by atoms with van der Waals surface area (Å²) in [7, 11) is 0. The summed E-state index contributed by atoms with van der Waals surface area (Å²) in [5, 5.41) is 4.50. The molecule has 3 aromatic heterocycles. The summed E-state index contributed by atoms with van der Waals surface area (Å²) in [6.45, 7) is 0.544. The van der Waals surface area contributed by atoms with Crippen LogP contribution in [0.1, 0.15) is 12.0 Å². The zero-order valence-electron chi connectivity index (χ0n) is 15.3. The average Bonchev–Trinajstić information content (AvgIpc) is 3.15. The molecule has 152 valence electrons. The highest BCUT2D eigenvalue weighted by Crippen LogP contribution is 2.25. The Bertz CT molecular complexity index is 1040. The molecule has 0 spiro atoms. The normalized spacial score (nSPS) is 10.1. The van der Waals surface area contributed by atoms with Gasteiger partial charge in [0, 0.05) is 28.5 Å². The lowest BCUT2D eigenvalue weighted by atomic mass is 10.1. The van der Waals surface area contributed by atoms with Crippen molar-refractivity contribution in [2.75, 3.05) is 6.61 Å². The molecule has 4 aromatic rings. The van der Waals surface area contributed by atoms with Crippen molar-refractivity contribution < 1.29 is 23.6 Å². The van der Waals surface area contributed by atoms with E-state index in [1.165, 1.54) is 11.6 Å². The molecule has 0 amide bonds. The highest BCUT2D eigenvalue weighted by Gasteiger charge is 2.10. The van der Waals surface area contributed by atoms with Gasteiger partial charge in [-0.1, -0.05) is 18.2 Å². The van der Waals surface area contributed by atoms with Crippen LogP contribution in [0.15, 0.2) is 67.1 Å². The molecule has 0 aliphatic carbocycles. The van der Waals surface area contributed by atoms with Crippen molar-refractivity contribution in [2.45, 2.75) is 12.8 Å². The zero-order chi connectivity index (χ0) is 18.5. The van der Waals surface area contributed by atoms with Gasteiger partial charge >= 0.3 is 0 Å².